The van der Waals surface area contributed by atoms with E-state index >= 15 is 0 Å². The molecule has 0 unspecified atom stereocenters. The van der Waals surface area contributed by atoms with E-state index in [2.05, 4.69) is 10.4 Å². The Labute approximate surface area is 133 Å². The quantitative estimate of drug-likeness (QED) is 0.876. The minimum atomic E-state index is -0.610. The first kappa shape index (κ1) is 16.7. The highest BCUT2D eigenvalue weighted by atomic mass is 19.1. The van der Waals surface area contributed by atoms with Crippen molar-refractivity contribution < 1.29 is 18.7 Å². The number of benzene rings is 1. The summed E-state index contributed by atoms with van der Waals surface area (Å²) in [5.41, 5.74) is 0.00911. The van der Waals surface area contributed by atoms with Crippen molar-refractivity contribution >= 4 is 11.9 Å². The van der Waals surface area contributed by atoms with E-state index < -0.39 is 23.3 Å². The third-order valence-electron chi connectivity index (χ3n) is 2.71. The van der Waals surface area contributed by atoms with Crippen molar-refractivity contribution in [3.05, 3.63) is 48.0 Å². The summed E-state index contributed by atoms with van der Waals surface area (Å²) in [6.07, 6.45) is 1.54. The third kappa shape index (κ3) is 4.91. The van der Waals surface area contributed by atoms with Gasteiger partial charge in [-0.1, -0.05) is 6.07 Å². The van der Waals surface area contributed by atoms with Gasteiger partial charge < -0.3 is 10.1 Å². The molecule has 1 aromatic carbocycles. The van der Waals surface area contributed by atoms with Crippen LogP contribution in [0, 0.1) is 5.82 Å². The van der Waals surface area contributed by atoms with Crippen molar-refractivity contribution in [2.75, 3.05) is 6.54 Å². The molecule has 0 aliphatic heterocycles. The number of aromatic nitrogens is 2. The second-order valence-electron chi connectivity index (χ2n) is 5.89. The van der Waals surface area contributed by atoms with Crippen LogP contribution < -0.4 is 5.32 Å². The highest BCUT2D eigenvalue weighted by Gasteiger charge is 2.18. The lowest BCUT2D eigenvalue weighted by Crippen LogP contribution is -2.34. The number of hydrogen-bond acceptors (Lipinski definition) is 4. The largest absolute Gasteiger partial charge is 0.459 e. The summed E-state index contributed by atoms with van der Waals surface area (Å²) in [5, 5.41) is 6.49. The number of hydrogen-bond donors (Lipinski definition) is 1. The first-order chi connectivity index (χ1) is 10.7. The summed E-state index contributed by atoms with van der Waals surface area (Å²) < 4.78 is 19.7. The predicted octanol–water partition coefficient (Wildman–Crippen LogP) is 2.08. The minimum absolute atomic E-state index is 0.123. The van der Waals surface area contributed by atoms with E-state index in [9.17, 15) is 14.0 Å². The van der Waals surface area contributed by atoms with Crippen molar-refractivity contribution in [2.24, 2.45) is 0 Å². The van der Waals surface area contributed by atoms with Gasteiger partial charge in [0.2, 0.25) is 0 Å². The number of carbonyl (C=O) groups excluding carboxylic acids is 2. The zero-order chi connectivity index (χ0) is 17.0. The average molecular weight is 319 g/mol. The Kier molecular flexibility index (Phi) is 4.78. The molecule has 6 nitrogen and oxygen atoms in total. The maximum Gasteiger partial charge on any atom is 0.325 e. The van der Waals surface area contributed by atoms with E-state index in [1.54, 1.807) is 32.9 Å². The van der Waals surface area contributed by atoms with Gasteiger partial charge in [-0.3, -0.25) is 9.59 Å². The smallest absolute Gasteiger partial charge is 0.325 e. The molecule has 2 rings (SSSR count). The normalized spacial score (nSPS) is 11.1. The van der Waals surface area contributed by atoms with Crippen molar-refractivity contribution in [2.45, 2.75) is 26.4 Å². The summed E-state index contributed by atoms with van der Waals surface area (Å²) in [7, 11) is 0. The standard InChI is InChI=1S/C16H18FN3O3/c1-16(2,3)23-14(21)10-18-15(22)13-7-8-20(19-13)12-6-4-5-11(17)9-12/h4-9H,10H2,1-3H3,(H,18,22). The van der Waals surface area contributed by atoms with Gasteiger partial charge in [0.05, 0.1) is 5.69 Å². The van der Waals surface area contributed by atoms with Crippen LogP contribution in [0.2, 0.25) is 0 Å². The van der Waals surface area contributed by atoms with Crippen LogP contribution in [0.5, 0.6) is 0 Å². The number of nitrogens with one attached hydrogen (secondary N) is 1. The van der Waals surface area contributed by atoms with Gasteiger partial charge in [-0.05, 0) is 45.0 Å². The van der Waals surface area contributed by atoms with Crippen LogP contribution in [-0.2, 0) is 9.53 Å². The molecule has 0 spiro atoms. The molecule has 0 radical (unpaired) electrons. The molecule has 2 aromatic rings. The summed E-state index contributed by atoms with van der Waals surface area (Å²) in [5.74, 6) is -1.43. The first-order valence-corrected chi connectivity index (χ1v) is 7.06. The fourth-order valence-electron chi connectivity index (χ4n) is 1.83. The number of nitrogens with zero attached hydrogens (tertiary/aromatic N) is 2. The Bertz CT molecular complexity index is 719. The topological polar surface area (TPSA) is 73.2 Å². The average Bonchev–Trinajstić information content (AvgIpc) is 2.93. The Balaban J connectivity index is 1.98. The predicted molar refractivity (Wildman–Crippen MR) is 81.7 cm³/mol. The molecule has 7 heteroatoms. The molecule has 1 N–H and O–H groups in total. The zero-order valence-corrected chi connectivity index (χ0v) is 13.2. The number of esters is 1. The van der Waals surface area contributed by atoms with Gasteiger partial charge in [-0.2, -0.15) is 5.10 Å². The molecule has 1 aromatic heterocycles. The molecule has 0 fully saturated rings. The van der Waals surface area contributed by atoms with E-state index in [0.29, 0.717) is 5.69 Å². The molecule has 0 atom stereocenters. The van der Waals surface area contributed by atoms with Crippen molar-refractivity contribution in [3.63, 3.8) is 0 Å². The summed E-state index contributed by atoms with van der Waals surface area (Å²) >= 11 is 0. The van der Waals surface area contributed by atoms with E-state index in [1.165, 1.54) is 29.1 Å². The lowest BCUT2D eigenvalue weighted by atomic mass is 10.2. The highest BCUT2D eigenvalue weighted by molar-refractivity contribution is 5.94. The third-order valence-corrected chi connectivity index (χ3v) is 2.71. The van der Waals surface area contributed by atoms with E-state index in [0.717, 1.165) is 0 Å². The number of ether oxygens (including phenoxy) is 1. The van der Waals surface area contributed by atoms with Gasteiger partial charge in [-0.25, -0.2) is 9.07 Å². The Morgan fingerprint density at radius 1 is 1.30 bits per heavy atom. The number of amides is 1. The van der Waals surface area contributed by atoms with Crippen molar-refractivity contribution in [1.82, 2.24) is 15.1 Å². The number of rotatable bonds is 4. The van der Waals surface area contributed by atoms with E-state index in [4.69, 9.17) is 4.74 Å². The SMILES string of the molecule is CC(C)(C)OC(=O)CNC(=O)c1ccn(-c2cccc(F)c2)n1. The van der Waals surface area contributed by atoms with Gasteiger partial charge in [0.25, 0.3) is 5.91 Å². The van der Waals surface area contributed by atoms with Gasteiger partial charge in [0.15, 0.2) is 5.69 Å². The number of halogens is 1. The van der Waals surface area contributed by atoms with Crippen LogP contribution in [0.25, 0.3) is 5.69 Å². The lowest BCUT2D eigenvalue weighted by Gasteiger charge is -2.19. The second kappa shape index (κ2) is 6.60. The Morgan fingerprint density at radius 3 is 2.70 bits per heavy atom. The molecule has 0 aliphatic rings. The second-order valence-corrected chi connectivity index (χ2v) is 5.89. The molecule has 23 heavy (non-hydrogen) atoms. The minimum Gasteiger partial charge on any atom is -0.459 e. The van der Waals surface area contributed by atoms with Crippen LogP contribution in [0.4, 0.5) is 4.39 Å². The molecule has 1 heterocycles. The molecule has 1 amide bonds. The molecular formula is C16H18FN3O3. The maximum atomic E-state index is 13.2. The van der Waals surface area contributed by atoms with E-state index in [-0.39, 0.29) is 12.2 Å². The molecule has 122 valence electrons. The highest BCUT2D eigenvalue weighted by Crippen LogP contribution is 2.10. The van der Waals surface area contributed by atoms with Crippen LogP contribution in [0.15, 0.2) is 36.5 Å². The van der Waals surface area contributed by atoms with Gasteiger partial charge in [0, 0.05) is 6.20 Å². The summed E-state index contributed by atoms with van der Waals surface area (Å²) in [4.78, 5) is 23.5. The lowest BCUT2D eigenvalue weighted by molar-refractivity contribution is -0.153. The van der Waals surface area contributed by atoms with Crippen molar-refractivity contribution in [3.8, 4) is 5.69 Å². The fourth-order valence-corrected chi connectivity index (χ4v) is 1.83. The monoisotopic (exact) mass is 319 g/mol. The van der Waals surface area contributed by atoms with Crippen molar-refractivity contribution in [1.29, 1.82) is 0 Å². The molecule has 0 aliphatic carbocycles. The molecular weight excluding hydrogens is 301 g/mol. The summed E-state index contributed by atoms with van der Waals surface area (Å²) in [6, 6.07) is 7.32. The van der Waals surface area contributed by atoms with Crippen LogP contribution >= 0.6 is 0 Å². The Hall–Kier alpha value is -2.70. The molecule has 0 saturated carbocycles. The van der Waals surface area contributed by atoms with E-state index in [1.807, 2.05) is 0 Å². The number of carbonyl (C=O) groups is 2. The summed E-state index contributed by atoms with van der Waals surface area (Å²) in [6.45, 7) is 4.98. The molecule has 0 bridgehead atoms. The fraction of sp³-hybridized carbons (Fsp3) is 0.312. The van der Waals surface area contributed by atoms with Crippen LogP contribution in [0.3, 0.4) is 0 Å². The van der Waals surface area contributed by atoms with Gasteiger partial charge >= 0.3 is 5.97 Å². The zero-order valence-electron chi connectivity index (χ0n) is 13.2. The maximum absolute atomic E-state index is 13.2. The van der Waals surface area contributed by atoms with Crippen LogP contribution in [0.1, 0.15) is 31.3 Å². The first-order valence-electron chi connectivity index (χ1n) is 7.06. The Morgan fingerprint density at radius 2 is 2.04 bits per heavy atom. The van der Waals surface area contributed by atoms with Gasteiger partial charge in [-0.15, -0.1) is 0 Å². The van der Waals surface area contributed by atoms with Crippen LogP contribution in [-0.4, -0.2) is 33.8 Å². The van der Waals surface area contributed by atoms with Gasteiger partial charge in [0.1, 0.15) is 18.0 Å². The molecule has 0 saturated heterocycles.